The molecule has 0 aliphatic carbocycles. The van der Waals surface area contributed by atoms with Crippen LogP contribution in [0.2, 0.25) is 0 Å². The Morgan fingerprint density at radius 1 is 1.28 bits per heavy atom. The number of esters is 1. The van der Waals surface area contributed by atoms with Gasteiger partial charge in [-0.25, -0.2) is 0 Å². The first-order valence-electron chi connectivity index (χ1n) is 8.52. The second-order valence-electron chi connectivity index (χ2n) is 6.66. The molecule has 0 atom stereocenters. The molecule has 1 heterocycles. The fourth-order valence-electron chi connectivity index (χ4n) is 2.07. The maximum atomic E-state index is 11.5. The van der Waals surface area contributed by atoms with Crippen molar-refractivity contribution in [2.24, 2.45) is 10.7 Å². The minimum atomic E-state index is -0.406. The maximum absolute atomic E-state index is 11.5. The number of nitrogens with one attached hydrogen (secondary N) is 1. The number of carbonyl (C=O) groups is 1. The van der Waals surface area contributed by atoms with Gasteiger partial charge in [-0.2, -0.15) is 0 Å². The lowest BCUT2D eigenvalue weighted by atomic mass is 10.1. The van der Waals surface area contributed by atoms with Crippen LogP contribution in [-0.2, 0) is 16.0 Å². The third kappa shape index (κ3) is 13.6. The molecule has 0 aliphatic heterocycles. The number of nitrogens with two attached hydrogens (primary N) is 1. The van der Waals surface area contributed by atoms with Crippen LogP contribution in [0.25, 0.3) is 0 Å². The third-order valence-electron chi connectivity index (χ3n) is 3.15. The minimum Gasteiger partial charge on any atom is -0.460 e. The first-order valence-corrected chi connectivity index (χ1v) is 8.52. The molecule has 6 nitrogen and oxygen atoms in total. The van der Waals surface area contributed by atoms with E-state index in [2.05, 4.69) is 15.3 Å². The van der Waals surface area contributed by atoms with Crippen LogP contribution in [0.3, 0.4) is 0 Å². The van der Waals surface area contributed by atoms with E-state index in [1.807, 2.05) is 39.0 Å². The average molecular weight is 462 g/mol. The predicted octanol–water partition coefficient (Wildman–Crippen LogP) is 3.05. The Morgan fingerprint density at radius 3 is 2.68 bits per heavy atom. The number of rotatable bonds is 9. The quantitative estimate of drug-likeness (QED) is 0.194. The van der Waals surface area contributed by atoms with Gasteiger partial charge in [0.25, 0.3) is 0 Å². The Kier molecular flexibility index (Phi) is 12.2. The second-order valence-corrected chi connectivity index (χ2v) is 6.66. The summed E-state index contributed by atoms with van der Waals surface area (Å²) < 4.78 is 5.26. The number of guanidine groups is 1. The van der Waals surface area contributed by atoms with Crippen molar-refractivity contribution in [3.8, 4) is 0 Å². The summed E-state index contributed by atoms with van der Waals surface area (Å²) >= 11 is 0. The minimum absolute atomic E-state index is 0. The molecule has 7 heteroatoms. The summed E-state index contributed by atoms with van der Waals surface area (Å²) in [7, 11) is 0. The van der Waals surface area contributed by atoms with E-state index in [0.717, 1.165) is 31.4 Å². The number of hydrogen-bond acceptors (Lipinski definition) is 4. The first kappa shape index (κ1) is 23.6. The summed E-state index contributed by atoms with van der Waals surface area (Å²) in [6, 6.07) is 5.85. The van der Waals surface area contributed by atoms with E-state index >= 15 is 0 Å². The molecule has 0 aromatic carbocycles. The SMILES string of the molecule is CC(C)(C)OC(=O)CCCCCN=C(N)NCCc1ccccn1.I. The van der Waals surface area contributed by atoms with Gasteiger partial charge in [-0.05, 0) is 45.7 Å². The molecule has 0 fully saturated rings. The van der Waals surface area contributed by atoms with E-state index in [1.165, 1.54) is 0 Å². The number of pyridine rings is 1. The molecule has 0 radical (unpaired) electrons. The van der Waals surface area contributed by atoms with Crippen LogP contribution < -0.4 is 11.1 Å². The molecule has 3 N–H and O–H groups in total. The van der Waals surface area contributed by atoms with Gasteiger partial charge in [0, 0.05) is 37.8 Å². The van der Waals surface area contributed by atoms with Crippen LogP contribution in [0, 0.1) is 0 Å². The number of halogens is 1. The summed E-state index contributed by atoms with van der Waals surface area (Å²) in [5.74, 6) is 0.319. The van der Waals surface area contributed by atoms with Crippen LogP contribution in [0.5, 0.6) is 0 Å². The standard InChI is InChI=1S/C18H30N4O2.HI/c1-18(2,3)24-16(23)10-5-4-7-13-21-17(19)22-14-11-15-9-6-8-12-20-15;/h6,8-9,12H,4-5,7,10-11,13-14H2,1-3H3,(H3,19,21,22);1H. The fraction of sp³-hybridized carbons (Fsp3) is 0.611. The normalized spacial score (nSPS) is 11.6. The highest BCUT2D eigenvalue weighted by molar-refractivity contribution is 14.0. The number of ether oxygens (including phenoxy) is 1. The molecule has 0 saturated heterocycles. The topological polar surface area (TPSA) is 89.6 Å². The Balaban J connectivity index is 0.00000576. The van der Waals surface area contributed by atoms with Crippen LogP contribution >= 0.6 is 24.0 Å². The molecular weight excluding hydrogens is 431 g/mol. The van der Waals surface area contributed by atoms with Crippen molar-refractivity contribution in [3.63, 3.8) is 0 Å². The number of aliphatic imine (C=N–C) groups is 1. The van der Waals surface area contributed by atoms with Gasteiger partial charge < -0.3 is 15.8 Å². The van der Waals surface area contributed by atoms with Crippen molar-refractivity contribution >= 4 is 35.9 Å². The number of nitrogens with zero attached hydrogens (tertiary/aromatic N) is 2. The van der Waals surface area contributed by atoms with Gasteiger partial charge in [-0.15, -0.1) is 24.0 Å². The van der Waals surface area contributed by atoms with Crippen LogP contribution in [0.4, 0.5) is 0 Å². The second kappa shape index (κ2) is 12.9. The summed E-state index contributed by atoms with van der Waals surface area (Å²) in [5.41, 5.74) is 6.44. The Labute approximate surface area is 168 Å². The third-order valence-corrected chi connectivity index (χ3v) is 3.15. The van der Waals surface area contributed by atoms with E-state index in [1.54, 1.807) is 6.20 Å². The van der Waals surface area contributed by atoms with Crippen LogP contribution in [0.15, 0.2) is 29.4 Å². The van der Waals surface area contributed by atoms with Gasteiger partial charge >= 0.3 is 5.97 Å². The summed E-state index contributed by atoms with van der Waals surface area (Å²) in [6.45, 7) is 7.01. The Hall–Kier alpha value is -1.38. The zero-order valence-corrected chi connectivity index (χ0v) is 17.8. The average Bonchev–Trinajstić information content (AvgIpc) is 2.50. The van der Waals surface area contributed by atoms with E-state index < -0.39 is 5.60 Å². The maximum Gasteiger partial charge on any atom is 0.306 e. The van der Waals surface area contributed by atoms with Gasteiger partial charge in [0.1, 0.15) is 5.60 Å². The lowest BCUT2D eigenvalue weighted by Crippen LogP contribution is -2.33. The van der Waals surface area contributed by atoms with E-state index in [-0.39, 0.29) is 29.9 Å². The number of hydrogen-bond donors (Lipinski definition) is 2. The molecular formula is C18H31IN4O2. The van der Waals surface area contributed by atoms with Gasteiger partial charge in [0.15, 0.2) is 5.96 Å². The highest BCUT2D eigenvalue weighted by Gasteiger charge is 2.15. The smallest absolute Gasteiger partial charge is 0.306 e. The van der Waals surface area contributed by atoms with Gasteiger partial charge in [0.2, 0.25) is 0 Å². The Bertz CT molecular complexity index is 516. The molecule has 0 aliphatic rings. The number of carbonyl (C=O) groups excluding carboxylic acids is 1. The highest BCUT2D eigenvalue weighted by Crippen LogP contribution is 2.10. The van der Waals surface area contributed by atoms with Crippen LogP contribution in [-0.4, -0.2) is 35.6 Å². The van der Waals surface area contributed by atoms with Crippen molar-refractivity contribution in [2.45, 2.75) is 58.5 Å². The Morgan fingerprint density at radius 2 is 2.04 bits per heavy atom. The molecule has 0 spiro atoms. The van der Waals surface area contributed by atoms with Crippen molar-refractivity contribution < 1.29 is 9.53 Å². The monoisotopic (exact) mass is 462 g/mol. The first-order chi connectivity index (χ1) is 11.4. The van der Waals surface area contributed by atoms with E-state index in [0.29, 0.717) is 25.5 Å². The lowest BCUT2D eigenvalue weighted by Gasteiger charge is -2.19. The predicted molar refractivity (Wildman–Crippen MR) is 112 cm³/mol. The molecule has 0 amide bonds. The molecule has 0 bridgehead atoms. The molecule has 1 rings (SSSR count). The van der Waals surface area contributed by atoms with Crippen molar-refractivity contribution in [1.29, 1.82) is 0 Å². The van der Waals surface area contributed by atoms with E-state index in [4.69, 9.17) is 10.5 Å². The zero-order valence-electron chi connectivity index (χ0n) is 15.5. The van der Waals surface area contributed by atoms with Crippen molar-refractivity contribution in [1.82, 2.24) is 10.3 Å². The summed E-state index contributed by atoms with van der Waals surface area (Å²) in [4.78, 5) is 20.1. The summed E-state index contributed by atoms with van der Waals surface area (Å²) in [5, 5.41) is 3.08. The van der Waals surface area contributed by atoms with E-state index in [9.17, 15) is 4.79 Å². The molecule has 1 aromatic rings. The highest BCUT2D eigenvalue weighted by atomic mass is 127. The van der Waals surface area contributed by atoms with Gasteiger partial charge in [-0.3, -0.25) is 14.8 Å². The van der Waals surface area contributed by atoms with Gasteiger partial charge in [0.05, 0.1) is 0 Å². The van der Waals surface area contributed by atoms with Crippen LogP contribution in [0.1, 0.15) is 52.1 Å². The molecule has 1 aromatic heterocycles. The lowest BCUT2D eigenvalue weighted by molar-refractivity contribution is -0.154. The molecule has 0 unspecified atom stereocenters. The number of aromatic nitrogens is 1. The largest absolute Gasteiger partial charge is 0.460 e. The molecule has 0 saturated carbocycles. The molecule has 25 heavy (non-hydrogen) atoms. The fourth-order valence-corrected chi connectivity index (χ4v) is 2.07. The molecule has 142 valence electrons. The number of unbranched alkanes of at least 4 members (excludes halogenated alkanes) is 2. The summed E-state index contributed by atoms with van der Waals surface area (Å²) in [6.07, 6.45) is 5.71. The van der Waals surface area contributed by atoms with Gasteiger partial charge in [-0.1, -0.05) is 12.5 Å². The van der Waals surface area contributed by atoms with Crippen molar-refractivity contribution in [3.05, 3.63) is 30.1 Å². The van der Waals surface area contributed by atoms with Crippen molar-refractivity contribution in [2.75, 3.05) is 13.1 Å². The zero-order chi connectivity index (χ0) is 17.8.